The fourth-order valence-corrected chi connectivity index (χ4v) is 3.29. The maximum Gasteiger partial charge on any atom is 0.0453 e. The van der Waals surface area contributed by atoms with Crippen LogP contribution in [0, 0.1) is 0 Å². The Morgan fingerprint density at radius 2 is 1.11 bits per heavy atom. The van der Waals surface area contributed by atoms with Crippen LogP contribution in [-0.4, -0.2) is 0 Å². The van der Waals surface area contributed by atoms with Crippen LogP contribution in [0.2, 0.25) is 0 Å². The van der Waals surface area contributed by atoms with Gasteiger partial charge in [0.25, 0.3) is 0 Å². The van der Waals surface area contributed by atoms with E-state index >= 15 is 0 Å². The molecule has 0 fully saturated rings. The molecule has 27 heavy (non-hydrogen) atoms. The van der Waals surface area contributed by atoms with E-state index in [4.69, 9.17) is 5.53 Å². The first-order valence-electron chi connectivity index (χ1n) is 8.76. The van der Waals surface area contributed by atoms with E-state index in [1.54, 1.807) is 0 Å². The molecule has 3 heteroatoms. The fourth-order valence-electron chi connectivity index (χ4n) is 3.29. The molecule has 0 aliphatic carbocycles. The molecular weight excluding hydrogens is 330 g/mol. The zero-order valence-corrected chi connectivity index (χ0v) is 14.7. The van der Waals surface area contributed by atoms with Crippen LogP contribution in [0.3, 0.4) is 0 Å². The monoisotopic (exact) mass is 347 g/mol. The lowest BCUT2D eigenvalue weighted by molar-refractivity contribution is 1.46. The highest BCUT2D eigenvalue weighted by Gasteiger charge is 2.11. The molecule has 0 heterocycles. The highest BCUT2D eigenvalue weighted by Crippen LogP contribution is 2.38. The van der Waals surface area contributed by atoms with Crippen LogP contribution < -0.4 is 0 Å². The summed E-state index contributed by atoms with van der Waals surface area (Å²) in [7, 11) is 0. The smallest absolute Gasteiger partial charge is 0.0453 e. The maximum atomic E-state index is 8.87. The molecule has 0 atom stereocenters. The van der Waals surface area contributed by atoms with Gasteiger partial charge < -0.3 is 0 Å². The SMILES string of the molecule is [N-]=[N+]=Nc1ccccc1-c1ccc(-c2ccccc2)c(-c2ccccc2)c1. The van der Waals surface area contributed by atoms with Gasteiger partial charge in [-0.1, -0.05) is 102 Å². The standard InChI is InChI=1S/C24H17N3/c25-27-26-24-14-8-7-13-22(24)20-15-16-21(18-9-3-1-4-10-18)23(17-20)19-11-5-2-6-12-19/h1-17H. The molecule has 0 saturated heterocycles. The predicted molar refractivity (Wildman–Crippen MR) is 112 cm³/mol. The molecule has 128 valence electrons. The van der Waals surface area contributed by atoms with Gasteiger partial charge in [0.15, 0.2) is 0 Å². The molecule has 0 unspecified atom stereocenters. The Morgan fingerprint density at radius 1 is 0.519 bits per heavy atom. The second-order valence-corrected chi connectivity index (χ2v) is 6.20. The minimum absolute atomic E-state index is 0.631. The van der Waals surface area contributed by atoms with E-state index in [1.807, 2.05) is 48.5 Å². The van der Waals surface area contributed by atoms with E-state index < -0.39 is 0 Å². The van der Waals surface area contributed by atoms with Gasteiger partial charge in [0.2, 0.25) is 0 Å². The van der Waals surface area contributed by atoms with Gasteiger partial charge in [0, 0.05) is 10.6 Å². The van der Waals surface area contributed by atoms with Gasteiger partial charge in [-0.25, -0.2) is 0 Å². The molecule has 3 nitrogen and oxygen atoms in total. The first-order valence-corrected chi connectivity index (χ1v) is 8.76. The van der Waals surface area contributed by atoms with E-state index in [0.717, 1.165) is 22.3 Å². The lowest BCUT2D eigenvalue weighted by Crippen LogP contribution is -1.88. The van der Waals surface area contributed by atoms with Crippen molar-refractivity contribution in [3.05, 3.63) is 114 Å². The molecule has 0 N–H and O–H groups in total. The average molecular weight is 347 g/mol. The molecule has 4 rings (SSSR count). The second-order valence-electron chi connectivity index (χ2n) is 6.20. The fraction of sp³-hybridized carbons (Fsp3) is 0. The molecule has 0 aliphatic rings. The summed E-state index contributed by atoms with van der Waals surface area (Å²) in [5.74, 6) is 0. The van der Waals surface area contributed by atoms with Crippen LogP contribution in [-0.2, 0) is 0 Å². The van der Waals surface area contributed by atoms with Crippen molar-refractivity contribution in [2.75, 3.05) is 0 Å². The van der Waals surface area contributed by atoms with Crippen LogP contribution in [0.15, 0.2) is 108 Å². The molecule has 0 bridgehead atoms. The molecule has 0 saturated carbocycles. The van der Waals surface area contributed by atoms with Crippen LogP contribution in [0.25, 0.3) is 43.8 Å². The first-order chi connectivity index (χ1) is 13.4. The first kappa shape index (κ1) is 16.6. The summed E-state index contributed by atoms with van der Waals surface area (Å²) in [5, 5.41) is 3.85. The molecule has 4 aromatic carbocycles. The quantitative estimate of drug-likeness (QED) is 0.207. The normalized spacial score (nSPS) is 10.2. The second kappa shape index (κ2) is 7.61. The average Bonchev–Trinajstić information content (AvgIpc) is 2.75. The van der Waals surface area contributed by atoms with Gasteiger partial charge >= 0.3 is 0 Å². The Balaban J connectivity index is 1.94. The Morgan fingerprint density at radius 3 is 1.78 bits per heavy atom. The third-order valence-electron chi connectivity index (χ3n) is 4.56. The van der Waals surface area contributed by atoms with Gasteiger partial charge in [-0.05, 0) is 45.0 Å². The van der Waals surface area contributed by atoms with Crippen molar-refractivity contribution in [3.63, 3.8) is 0 Å². The highest BCUT2D eigenvalue weighted by atomic mass is 15.1. The summed E-state index contributed by atoms with van der Waals surface area (Å²) in [4.78, 5) is 2.96. The van der Waals surface area contributed by atoms with Crippen LogP contribution in [0.1, 0.15) is 0 Å². The van der Waals surface area contributed by atoms with Crippen LogP contribution in [0.4, 0.5) is 5.69 Å². The van der Waals surface area contributed by atoms with Crippen molar-refractivity contribution >= 4 is 5.69 Å². The van der Waals surface area contributed by atoms with E-state index in [0.29, 0.717) is 5.69 Å². The maximum absolute atomic E-state index is 8.87. The number of azide groups is 1. The summed E-state index contributed by atoms with van der Waals surface area (Å²) in [6.07, 6.45) is 0. The van der Waals surface area contributed by atoms with E-state index in [1.165, 1.54) is 11.1 Å². The van der Waals surface area contributed by atoms with Gasteiger partial charge in [0.05, 0.1) is 0 Å². The summed E-state index contributed by atoms with van der Waals surface area (Å²) in [6.45, 7) is 0. The summed E-state index contributed by atoms with van der Waals surface area (Å²) >= 11 is 0. The van der Waals surface area contributed by atoms with Crippen molar-refractivity contribution in [1.82, 2.24) is 0 Å². The lowest BCUT2D eigenvalue weighted by atomic mass is 9.91. The third-order valence-corrected chi connectivity index (χ3v) is 4.56. The zero-order valence-electron chi connectivity index (χ0n) is 14.7. The largest absolute Gasteiger partial charge is 0.0622 e. The van der Waals surface area contributed by atoms with Crippen molar-refractivity contribution in [1.29, 1.82) is 0 Å². The van der Waals surface area contributed by atoms with E-state index in [-0.39, 0.29) is 0 Å². The zero-order chi connectivity index (χ0) is 18.5. The van der Waals surface area contributed by atoms with Gasteiger partial charge in [-0.3, -0.25) is 0 Å². The number of nitrogens with zero attached hydrogens (tertiary/aromatic N) is 3. The Kier molecular flexibility index (Phi) is 4.69. The van der Waals surface area contributed by atoms with Gasteiger partial charge in [0.1, 0.15) is 0 Å². The summed E-state index contributed by atoms with van der Waals surface area (Å²) < 4.78 is 0. The van der Waals surface area contributed by atoms with Crippen LogP contribution in [0.5, 0.6) is 0 Å². The van der Waals surface area contributed by atoms with Gasteiger partial charge in [-0.15, -0.1) is 0 Å². The molecule has 0 radical (unpaired) electrons. The van der Waals surface area contributed by atoms with Crippen molar-refractivity contribution in [2.45, 2.75) is 0 Å². The molecule has 0 aliphatic heterocycles. The number of rotatable bonds is 4. The summed E-state index contributed by atoms with van der Waals surface area (Å²) in [5.41, 5.74) is 16.1. The summed E-state index contributed by atoms with van der Waals surface area (Å²) in [6, 6.07) is 34.8. The minimum Gasteiger partial charge on any atom is -0.0622 e. The molecular formula is C24H17N3. The third kappa shape index (κ3) is 3.45. The number of hydrogen-bond donors (Lipinski definition) is 0. The molecule has 0 amide bonds. The lowest BCUT2D eigenvalue weighted by Gasteiger charge is -2.14. The van der Waals surface area contributed by atoms with E-state index in [2.05, 4.69) is 64.6 Å². The van der Waals surface area contributed by atoms with Crippen LogP contribution >= 0.6 is 0 Å². The minimum atomic E-state index is 0.631. The Bertz CT molecular complexity index is 1110. The van der Waals surface area contributed by atoms with Crippen molar-refractivity contribution in [2.24, 2.45) is 5.11 Å². The van der Waals surface area contributed by atoms with Crippen molar-refractivity contribution in [3.8, 4) is 33.4 Å². The topological polar surface area (TPSA) is 48.8 Å². The van der Waals surface area contributed by atoms with Crippen molar-refractivity contribution < 1.29 is 0 Å². The molecule has 0 spiro atoms. The number of hydrogen-bond acceptors (Lipinski definition) is 1. The Labute approximate surface area is 158 Å². The van der Waals surface area contributed by atoms with E-state index in [9.17, 15) is 0 Å². The Hall–Kier alpha value is -3.81. The highest BCUT2D eigenvalue weighted by molar-refractivity contribution is 5.88. The molecule has 4 aromatic rings. The van der Waals surface area contributed by atoms with Gasteiger partial charge in [-0.2, -0.15) is 0 Å². The molecule has 0 aromatic heterocycles. The number of benzene rings is 4. The predicted octanol–water partition coefficient (Wildman–Crippen LogP) is 7.63.